The third kappa shape index (κ3) is 24.1. The molecule has 0 aliphatic heterocycles. The van der Waals surface area contributed by atoms with Gasteiger partial charge in [-0.1, -0.05) is 20.4 Å². The van der Waals surface area contributed by atoms with Crippen LogP contribution in [0.2, 0.25) is 0 Å². The predicted octanol–water partition coefficient (Wildman–Crippen LogP) is 3.50. The van der Waals surface area contributed by atoms with Crippen molar-refractivity contribution in [1.82, 2.24) is 0 Å². The van der Waals surface area contributed by atoms with Gasteiger partial charge in [0, 0.05) is 19.1 Å². The number of aldehydes is 1. The number of hydrogen-bond acceptors (Lipinski definition) is 9. The smallest absolute Gasteiger partial charge is 0.333 e. The fourth-order valence-corrected chi connectivity index (χ4v) is 2.92. The molecule has 0 aromatic heterocycles. The van der Waals surface area contributed by atoms with E-state index in [1.807, 2.05) is 20.8 Å². The number of methoxy groups -OCH3 is 1. The van der Waals surface area contributed by atoms with Crippen molar-refractivity contribution in [2.24, 2.45) is 0 Å². The summed E-state index contributed by atoms with van der Waals surface area (Å²) in [5.41, 5.74) is 0.387. The topological polar surface area (TPSA) is 110 Å². The van der Waals surface area contributed by atoms with Crippen LogP contribution in [0.3, 0.4) is 0 Å². The molecule has 0 bridgehead atoms. The van der Waals surface area contributed by atoms with E-state index in [1.54, 1.807) is 14.0 Å². The third-order valence-corrected chi connectivity index (χ3v) is 4.89. The molecule has 0 aromatic rings. The first-order chi connectivity index (χ1) is 16.7. The van der Waals surface area contributed by atoms with Crippen molar-refractivity contribution >= 4 is 12.3 Å². The van der Waals surface area contributed by atoms with Crippen molar-refractivity contribution in [3.63, 3.8) is 0 Å². The van der Waals surface area contributed by atoms with E-state index in [2.05, 4.69) is 13.5 Å². The van der Waals surface area contributed by atoms with Gasteiger partial charge in [-0.15, -0.1) is 0 Å². The van der Waals surface area contributed by atoms with E-state index in [0.717, 1.165) is 32.0 Å². The summed E-state index contributed by atoms with van der Waals surface area (Å²) in [5, 5.41) is 8.66. The molecule has 0 rings (SSSR count). The Morgan fingerprint density at radius 1 is 0.857 bits per heavy atom. The molecule has 0 spiro atoms. The average molecular weight is 507 g/mol. The maximum absolute atomic E-state index is 11.1. The van der Waals surface area contributed by atoms with E-state index in [-0.39, 0.29) is 37.6 Å². The summed E-state index contributed by atoms with van der Waals surface area (Å²) in [4.78, 5) is 21.3. The fourth-order valence-electron chi connectivity index (χ4n) is 2.92. The lowest BCUT2D eigenvalue weighted by atomic mass is 10.1. The lowest BCUT2D eigenvalue weighted by molar-refractivity contribution is -0.141. The molecule has 0 radical (unpaired) electrons. The van der Waals surface area contributed by atoms with E-state index in [4.69, 9.17) is 33.5 Å². The Hall–Kier alpha value is -1.36. The Labute approximate surface area is 212 Å². The highest BCUT2D eigenvalue weighted by molar-refractivity contribution is 5.86. The van der Waals surface area contributed by atoms with Gasteiger partial charge in [0.25, 0.3) is 0 Å². The van der Waals surface area contributed by atoms with Crippen LogP contribution in [0.1, 0.15) is 66.7 Å². The molecule has 35 heavy (non-hydrogen) atoms. The van der Waals surface area contributed by atoms with Crippen molar-refractivity contribution in [3.8, 4) is 0 Å². The van der Waals surface area contributed by atoms with E-state index in [0.29, 0.717) is 45.0 Å². The van der Waals surface area contributed by atoms with Crippen LogP contribution in [0.15, 0.2) is 12.2 Å². The zero-order valence-electron chi connectivity index (χ0n) is 22.8. The van der Waals surface area contributed by atoms with E-state index in [9.17, 15) is 9.59 Å². The van der Waals surface area contributed by atoms with Crippen molar-refractivity contribution < 1.29 is 43.1 Å². The Balaban J connectivity index is 0. The molecular formula is C26H50O9. The van der Waals surface area contributed by atoms with E-state index in [1.165, 1.54) is 0 Å². The van der Waals surface area contributed by atoms with Gasteiger partial charge in [-0.2, -0.15) is 0 Å². The minimum atomic E-state index is -0.392. The van der Waals surface area contributed by atoms with Gasteiger partial charge in [0.1, 0.15) is 12.9 Å². The van der Waals surface area contributed by atoms with Crippen molar-refractivity contribution in [3.05, 3.63) is 12.2 Å². The first-order valence-corrected chi connectivity index (χ1v) is 12.6. The van der Waals surface area contributed by atoms with Crippen LogP contribution in [-0.4, -0.2) is 95.1 Å². The quantitative estimate of drug-likeness (QED) is 0.102. The second-order valence-electron chi connectivity index (χ2n) is 8.22. The highest BCUT2D eigenvalue weighted by Gasteiger charge is 2.13. The lowest BCUT2D eigenvalue weighted by Crippen LogP contribution is -2.23. The average Bonchev–Trinajstić information content (AvgIpc) is 2.84. The molecule has 0 heterocycles. The molecule has 0 saturated heterocycles. The van der Waals surface area contributed by atoms with Crippen molar-refractivity contribution in [2.75, 3.05) is 53.4 Å². The van der Waals surface area contributed by atoms with E-state index >= 15 is 0 Å². The normalized spacial score (nSPS) is 14.3. The minimum absolute atomic E-state index is 0.0266. The summed E-state index contributed by atoms with van der Waals surface area (Å²) in [6.07, 6.45) is 5.21. The zero-order valence-corrected chi connectivity index (χ0v) is 22.8. The Morgan fingerprint density at radius 2 is 1.37 bits per heavy atom. The minimum Gasteiger partial charge on any atom is -0.460 e. The number of carbonyl (C=O) groups excluding carboxylic acids is 2. The second kappa shape index (κ2) is 25.7. The molecule has 0 aliphatic rings. The molecule has 208 valence electrons. The van der Waals surface area contributed by atoms with Gasteiger partial charge in [-0.25, -0.2) is 4.79 Å². The third-order valence-electron chi connectivity index (χ3n) is 4.89. The van der Waals surface area contributed by atoms with Crippen LogP contribution in [0.5, 0.6) is 0 Å². The molecule has 0 fully saturated rings. The monoisotopic (exact) mass is 506 g/mol. The standard InChI is InChI=1S/C14H26O5.C12H24O4/c1-5-13(10-12(4)17-7-6-15)18-8-9-19-14(16)11(2)3;1-4-12(16-7-5-6-13)10-11(2)15-9-8-14-3/h12-13,15H,2,5-10H2,1,3-4H3;6,11-12H,4-5,7-10H2,1-3H3. The molecule has 0 aromatic carbocycles. The summed E-state index contributed by atoms with van der Waals surface area (Å²) < 4.78 is 32.0. The maximum Gasteiger partial charge on any atom is 0.333 e. The van der Waals surface area contributed by atoms with Crippen molar-refractivity contribution in [1.29, 1.82) is 0 Å². The molecular weight excluding hydrogens is 456 g/mol. The molecule has 9 heteroatoms. The molecule has 1 N–H and O–H groups in total. The van der Waals surface area contributed by atoms with Gasteiger partial charge < -0.3 is 38.3 Å². The SMILES string of the molecule is C=C(C)C(=O)OCCOC(CC)CC(C)OCCO.CCC(CC(C)OCCOC)OCCC=O. The maximum atomic E-state index is 11.1. The van der Waals surface area contributed by atoms with Crippen LogP contribution >= 0.6 is 0 Å². The Bertz CT molecular complexity index is 513. The van der Waals surface area contributed by atoms with E-state index < -0.39 is 5.97 Å². The number of aliphatic hydroxyl groups is 1. The molecule has 0 saturated carbocycles. The second-order valence-corrected chi connectivity index (χ2v) is 8.22. The van der Waals surface area contributed by atoms with Crippen molar-refractivity contribution in [2.45, 2.75) is 91.1 Å². The molecule has 4 unspecified atom stereocenters. The van der Waals surface area contributed by atoms with Crippen LogP contribution in [0.25, 0.3) is 0 Å². The number of rotatable bonds is 22. The summed E-state index contributed by atoms with van der Waals surface area (Å²) in [7, 11) is 1.66. The number of ether oxygens (including phenoxy) is 6. The molecule has 9 nitrogen and oxygen atoms in total. The Kier molecular flexibility index (Phi) is 26.3. The molecule has 4 atom stereocenters. The van der Waals surface area contributed by atoms with Crippen LogP contribution in [0, 0.1) is 0 Å². The predicted molar refractivity (Wildman–Crippen MR) is 136 cm³/mol. The largest absolute Gasteiger partial charge is 0.460 e. The highest BCUT2D eigenvalue weighted by Crippen LogP contribution is 2.11. The number of esters is 1. The first kappa shape index (κ1) is 35.8. The number of aliphatic hydroxyl groups excluding tert-OH is 1. The summed E-state index contributed by atoms with van der Waals surface area (Å²) in [6, 6.07) is 0. The van der Waals surface area contributed by atoms with Crippen LogP contribution in [0.4, 0.5) is 0 Å². The van der Waals surface area contributed by atoms with Crippen LogP contribution in [-0.2, 0) is 38.0 Å². The van der Waals surface area contributed by atoms with Gasteiger partial charge >= 0.3 is 5.97 Å². The van der Waals surface area contributed by atoms with Gasteiger partial charge in [-0.3, -0.25) is 0 Å². The Morgan fingerprint density at radius 3 is 1.83 bits per heavy atom. The van der Waals surface area contributed by atoms with Gasteiger partial charge in [0.15, 0.2) is 0 Å². The zero-order chi connectivity index (χ0) is 26.9. The molecule has 0 amide bonds. The fraction of sp³-hybridized carbons (Fsp3) is 0.846. The summed E-state index contributed by atoms with van der Waals surface area (Å²) in [6.45, 7) is 15.9. The summed E-state index contributed by atoms with van der Waals surface area (Å²) >= 11 is 0. The van der Waals surface area contributed by atoms with Gasteiger partial charge in [-0.05, 0) is 46.5 Å². The highest BCUT2D eigenvalue weighted by atomic mass is 16.6. The molecule has 0 aliphatic carbocycles. The van der Waals surface area contributed by atoms with Gasteiger partial charge in [0.05, 0.1) is 64.1 Å². The number of carbonyl (C=O) groups is 2. The first-order valence-electron chi connectivity index (χ1n) is 12.6. The summed E-state index contributed by atoms with van der Waals surface area (Å²) in [5.74, 6) is -0.392. The lowest BCUT2D eigenvalue weighted by Gasteiger charge is -2.20. The van der Waals surface area contributed by atoms with Gasteiger partial charge in [0.2, 0.25) is 0 Å². The number of hydrogen-bond donors (Lipinski definition) is 1. The van der Waals surface area contributed by atoms with Crippen LogP contribution < -0.4 is 0 Å².